The zero-order valence-corrected chi connectivity index (χ0v) is 21.8. The largest absolute Gasteiger partial charge is 0.497 e. The van der Waals surface area contributed by atoms with Crippen LogP contribution in [0.3, 0.4) is 0 Å². The SMILES string of the molecule is CCCCOc1ccc(/C=c2/sc3n(c2=O)[C@H](c2ccc(OC)cc2)C(C(=O)OCC)=C(C)N=3)cc1. The van der Waals surface area contributed by atoms with Gasteiger partial charge in [0.1, 0.15) is 11.5 Å². The van der Waals surface area contributed by atoms with Crippen LogP contribution >= 0.6 is 11.3 Å². The highest BCUT2D eigenvalue weighted by Crippen LogP contribution is 2.31. The van der Waals surface area contributed by atoms with E-state index >= 15 is 0 Å². The molecule has 4 rings (SSSR count). The zero-order chi connectivity index (χ0) is 25.7. The Hall–Kier alpha value is -3.65. The average Bonchev–Trinajstić information content (AvgIpc) is 3.18. The topological polar surface area (TPSA) is 79.1 Å². The molecular weight excluding hydrogens is 476 g/mol. The summed E-state index contributed by atoms with van der Waals surface area (Å²) in [5.41, 5.74) is 2.34. The van der Waals surface area contributed by atoms with Crippen molar-refractivity contribution in [2.24, 2.45) is 4.99 Å². The third-order valence-electron chi connectivity index (χ3n) is 5.89. The Morgan fingerprint density at radius 2 is 1.78 bits per heavy atom. The number of hydrogen-bond donors (Lipinski definition) is 0. The smallest absolute Gasteiger partial charge is 0.338 e. The van der Waals surface area contributed by atoms with Crippen molar-refractivity contribution in [2.45, 2.75) is 39.7 Å². The van der Waals surface area contributed by atoms with Crippen LogP contribution < -0.4 is 24.4 Å². The number of thiazole rings is 1. The number of methoxy groups -OCH3 is 1. The van der Waals surface area contributed by atoms with Gasteiger partial charge in [-0.25, -0.2) is 9.79 Å². The van der Waals surface area contributed by atoms with Crippen LogP contribution in [0, 0.1) is 0 Å². The molecule has 0 radical (unpaired) electrons. The average molecular weight is 507 g/mol. The van der Waals surface area contributed by atoms with Gasteiger partial charge in [0.15, 0.2) is 4.80 Å². The highest BCUT2D eigenvalue weighted by molar-refractivity contribution is 7.07. The number of aromatic nitrogens is 1. The second-order valence-corrected chi connectivity index (χ2v) is 9.36. The molecule has 0 saturated heterocycles. The van der Waals surface area contributed by atoms with Gasteiger partial charge in [-0.15, -0.1) is 0 Å². The number of hydrogen-bond acceptors (Lipinski definition) is 7. The Balaban J connectivity index is 1.79. The lowest BCUT2D eigenvalue weighted by atomic mass is 9.96. The molecule has 0 unspecified atom stereocenters. The van der Waals surface area contributed by atoms with Gasteiger partial charge in [0.25, 0.3) is 5.56 Å². The molecule has 3 aromatic rings. The highest BCUT2D eigenvalue weighted by Gasteiger charge is 2.33. The predicted octanol–water partition coefficient (Wildman–Crippen LogP) is 3.99. The number of rotatable bonds is 9. The first-order valence-electron chi connectivity index (χ1n) is 12.0. The Bertz CT molecular complexity index is 1430. The van der Waals surface area contributed by atoms with Crippen molar-refractivity contribution in [2.75, 3.05) is 20.3 Å². The summed E-state index contributed by atoms with van der Waals surface area (Å²) in [5, 5.41) is 0. The van der Waals surface area contributed by atoms with Gasteiger partial charge in [-0.3, -0.25) is 9.36 Å². The summed E-state index contributed by atoms with van der Waals surface area (Å²) < 4.78 is 18.5. The number of benzene rings is 2. The fraction of sp³-hybridized carbons (Fsp3) is 0.321. The van der Waals surface area contributed by atoms with Gasteiger partial charge < -0.3 is 14.2 Å². The molecule has 1 aromatic heterocycles. The summed E-state index contributed by atoms with van der Waals surface area (Å²) in [7, 11) is 1.59. The maximum atomic E-state index is 13.7. The molecule has 7 nitrogen and oxygen atoms in total. The molecule has 1 aliphatic heterocycles. The summed E-state index contributed by atoms with van der Waals surface area (Å²) in [6.07, 6.45) is 3.92. The van der Waals surface area contributed by atoms with E-state index in [2.05, 4.69) is 11.9 Å². The van der Waals surface area contributed by atoms with Crippen LogP contribution in [0.25, 0.3) is 6.08 Å². The quantitative estimate of drug-likeness (QED) is 0.324. The number of allylic oxidation sites excluding steroid dienone is 1. The van der Waals surface area contributed by atoms with E-state index in [0.29, 0.717) is 33.0 Å². The van der Waals surface area contributed by atoms with Gasteiger partial charge in [0.2, 0.25) is 0 Å². The maximum absolute atomic E-state index is 13.7. The van der Waals surface area contributed by atoms with E-state index in [1.807, 2.05) is 54.6 Å². The standard InChI is InChI=1S/C28H30N2O5S/c1-5-7-16-35-22-12-8-19(9-13-22)17-23-26(31)30-25(20-10-14-21(33-4)15-11-20)24(27(32)34-6-2)18(3)29-28(30)36-23/h8-15,17,25H,5-7,16H2,1-4H3/b23-17+/t25-/m1/s1. The predicted molar refractivity (Wildman–Crippen MR) is 140 cm³/mol. The second kappa shape index (κ2) is 11.4. The molecule has 0 aliphatic carbocycles. The maximum Gasteiger partial charge on any atom is 0.338 e. The highest BCUT2D eigenvalue weighted by atomic mass is 32.1. The normalized spacial score (nSPS) is 15.3. The molecule has 1 atom stereocenters. The molecule has 2 heterocycles. The third-order valence-corrected chi connectivity index (χ3v) is 6.88. The Kier molecular flexibility index (Phi) is 8.05. The number of carbonyl (C=O) groups excluding carboxylic acids is 1. The number of ether oxygens (including phenoxy) is 3. The van der Waals surface area contributed by atoms with Gasteiger partial charge in [-0.1, -0.05) is 48.9 Å². The van der Waals surface area contributed by atoms with Crippen LogP contribution in [-0.4, -0.2) is 30.9 Å². The van der Waals surface area contributed by atoms with Crippen LogP contribution in [0.5, 0.6) is 11.5 Å². The monoisotopic (exact) mass is 506 g/mol. The van der Waals surface area contributed by atoms with Crippen molar-refractivity contribution in [3.05, 3.63) is 90.6 Å². The molecule has 188 valence electrons. The number of nitrogens with zero attached hydrogens (tertiary/aromatic N) is 2. The molecule has 0 fully saturated rings. The van der Waals surface area contributed by atoms with Crippen molar-refractivity contribution in [3.8, 4) is 11.5 Å². The molecule has 0 saturated carbocycles. The minimum Gasteiger partial charge on any atom is -0.497 e. The summed E-state index contributed by atoms with van der Waals surface area (Å²) in [5.74, 6) is 1.01. The zero-order valence-electron chi connectivity index (χ0n) is 20.9. The summed E-state index contributed by atoms with van der Waals surface area (Å²) >= 11 is 1.30. The Morgan fingerprint density at radius 3 is 2.42 bits per heavy atom. The number of fused-ring (bicyclic) bond motifs is 1. The molecule has 0 N–H and O–H groups in total. The number of esters is 1. The molecule has 0 bridgehead atoms. The van der Waals surface area contributed by atoms with E-state index in [4.69, 9.17) is 14.2 Å². The molecular formula is C28H30N2O5S. The van der Waals surface area contributed by atoms with Gasteiger partial charge in [0, 0.05) is 0 Å². The van der Waals surface area contributed by atoms with E-state index in [9.17, 15) is 9.59 Å². The molecule has 0 spiro atoms. The minimum absolute atomic E-state index is 0.211. The lowest BCUT2D eigenvalue weighted by Gasteiger charge is -2.24. The van der Waals surface area contributed by atoms with Crippen LogP contribution in [0.1, 0.15) is 50.8 Å². The molecule has 0 amide bonds. The summed E-state index contributed by atoms with van der Waals surface area (Å²) in [6.45, 7) is 6.57. The first-order valence-corrected chi connectivity index (χ1v) is 12.8. The number of carbonyl (C=O) groups is 1. The van der Waals surface area contributed by atoms with Crippen LogP contribution in [-0.2, 0) is 9.53 Å². The molecule has 2 aromatic carbocycles. The van der Waals surface area contributed by atoms with E-state index in [1.54, 1.807) is 25.5 Å². The van der Waals surface area contributed by atoms with E-state index in [0.717, 1.165) is 29.7 Å². The van der Waals surface area contributed by atoms with Crippen LogP contribution in [0.15, 0.2) is 69.6 Å². The minimum atomic E-state index is -0.650. The molecule has 1 aliphatic rings. The Morgan fingerprint density at radius 1 is 1.08 bits per heavy atom. The van der Waals surface area contributed by atoms with E-state index in [-0.39, 0.29) is 12.2 Å². The van der Waals surface area contributed by atoms with Crippen LogP contribution in [0.4, 0.5) is 0 Å². The van der Waals surface area contributed by atoms with E-state index in [1.165, 1.54) is 11.3 Å². The fourth-order valence-electron chi connectivity index (χ4n) is 4.04. The fourth-order valence-corrected chi connectivity index (χ4v) is 5.09. The Labute approximate surface area is 214 Å². The molecule has 8 heteroatoms. The third kappa shape index (κ3) is 5.28. The van der Waals surface area contributed by atoms with Crippen molar-refractivity contribution in [1.82, 2.24) is 4.57 Å². The van der Waals surface area contributed by atoms with Crippen molar-refractivity contribution < 1.29 is 19.0 Å². The van der Waals surface area contributed by atoms with Crippen molar-refractivity contribution in [3.63, 3.8) is 0 Å². The van der Waals surface area contributed by atoms with Crippen molar-refractivity contribution in [1.29, 1.82) is 0 Å². The lowest BCUT2D eigenvalue weighted by molar-refractivity contribution is -0.139. The summed E-state index contributed by atoms with van der Waals surface area (Å²) in [6, 6.07) is 14.4. The van der Waals surface area contributed by atoms with E-state index < -0.39 is 12.0 Å². The summed E-state index contributed by atoms with van der Waals surface area (Å²) in [4.78, 5) is 31.8. The number of unbranched alkanes of at least 4 members (excludes halogenated alkanes) is 1. The van der Waals surface area contributed by atoms with Gasteiger partial charge in [0.05, 0.1) is 42.2 Å². The lowest BCUT2D eigenvalue weighted by Crippen LogP contribution is -2.39. The van der Waals surface area contributed by atoms with Gasteiger partial charge >= 0.3 is 5.97 Å². The van der Waals surface area contributed by atoms with Crippen molar-refractivity contribution >= 4 is 23.4 Å². The second-order valence-electron chi connectivity index (χ2n) is 8.35. The first kappa shape index (κ1) is 25.4. The van der Waals surface area contributed by atoms with Gasteiger partial charge in [-0.2, -0.15) is 0 Å². The first-order chi connectivity index (χ1) is 17.5. The molecule has 36 heavy (non-hydrogen) atoms. The van der Waals surface area contributed by atoms with Crippen LogP contribution in [0.2, 0.25) is 0 Å². The van der Waals surface area contributed by atoms with Gasteiger partial charge in [-0.05, 0) is 61.7 Å².